The van der Waals surface area contributed by atoms with Crippen LogP contribution in [0.2, 0.25) is 0 Å². The summed E-state index contributed by atoms with van der Waals surface area (Å²) in [4.78, 5) is 6.59. The molecule has 0 atom stereocenters. The van der Waals surface area contributed by atoms with Crippen LogP contribution in [-0.4, -0.2) is 34.6 Å². The molecule has 4 heteroatoms. The number of rotatable bonds is 1. The van der Waals surface area contributed by atoms with Gasteiger partial charge in [0.2, 0.25) is 0 Å². The molecular formula is C11H14N4. The number of nitrogen functional groups attached to an aromatic ring is 1. The molecule has 0 bridgehead atoms. The van der Waals surface area contributed by atoms with Crippen molar-refractivity contribution in [3.63, 3.8) is 0 Å². The van der Waals surface area contributed by atoms with E-state index in [9.17, 15) is 0 Å². The number of hydrogen-bond donors (Lipinski definition) is 1. The van der Waals surface area contributed by atoms with Crippen LogP contribution in [0.15, 0.2) is 24.4 Å². The zero-order chi connectivity index (χ0) is 10.4. The van der Waals surface area contributed by atoms with Gasteiger partial charge < -0.3 is 15.2 Å². The third kappa shape index (κ3) is 1.22. The number of hydrogen-bond acceptors (Lipinski definition) is 3. The van der Waals surface area contributed by atoms with Gasteiger partial charge in [0.1, 0.15) is 5.82 Å². The van der Waals surface area contributed by atoms with Gasteiger partial charge in [0.25, 0.3) is 0 Å². The first-order valence-corrected chi connectivity index (χ1v) is 5.15. The van der Waals surface area contributed by atoms with E-state index in [4.69, 9.17) is 5.73 Å². The molecule has 15 heavy (non-hydrogen) atoms. The van der Waals surface area contributed by atoms with Crippen LogP contribution in [0.4, 0.5) is 5.82 Å². The fourth-order valence-electron chi connectivity index (χ4n) is 2.31. The lowest BCUT2D eigenvalue weighted by molar-refractivity contribution is 0.145. The van der Waals surface area contributed by atoms with E-state index in [1.807, 2.05) is 12.1 Å². The highest BCUT2D eigenvalue weighted by molar-refractivity contribution is 5.80. The van der Waals surface area contributed by atoms with Crippen molar-refractivity contribution in [3.8, 4) is 0 Å². The molecule has 2 N–H and O–H groups in total. The van der Waals surface area contributed by atoms with Crippen LogP contribution in [0.3, 0.4) is 0 Å². The normalized spacial score (nSPS) is 18.2. The van der Waals surface area contributed by atoms with Crippen molar-refractivity contribution in [1.29, 1.82) is 0 Å². The van der Waals surface area contributed by atoms with E-state index in [-0.39, 0.29) is 0 Å². The molecule has 2 aromatic rings. The molecule has 4 nitrogen and oxygen atoms in total. The average Bonchev–Trinajstić information content (AvgIpc) is 2.49. The summed E-state index contributed by atoms with van der Waals surface area (Å²) in [5.41, 5.74) is 8.15. The van der Waals surface area contributed by atoms with Crippen LogP contribution in [0.25, 0.3) is 11.0 Å². The number of nitrogens with zero attached hydrogens (tertiary/aromatic N) is 3. The number of anilines is 1. The van der Waals surface area contributed by atoms with E-state index in [0.717, 1.165) is 29.9 Å². The van der Waals surface area contributed by atoms with Crippen molar-refractivity contribution >= 4 is 16.9 Å². The van der Waals surface area contributed by atoms with Gasteiger partial charge in [-0.1, -0.05) is 0 Å². The smallest absolute Gasteiger partial charge is 0.106 e. The maximum atomic E-state index is 6.01. The fourth-order valence-corrected chi connectivity index (χ4v) is 2.31. The van der Waals surface area contributed by atoms with Crippen molar-refractivity contribution < 1.29 is 0 Å². The Labute approximate surface area is 88.3 Å². The molecule has 1 aliphatic heterocycles. The Hall–Kier alpha value is -1.55. The number of fused-ring (bicyclic) bond motifs is 1. The maximum Gasteiger partial charge on any atom is 0.106 e. The van der Waals surface area contributed by atoms with Crippen molar-refractivity contribution in [2.45, 2.75) is 6.04 Å². The van der Waals surface area contributed by atoms with Gasteiger partial charge in [-0.25, -0.2) is 0 Å². The van der Waals surface area contributed by atoms with Gasteiger partial charge in [0.15, 0.2) is 0 Å². The van der Waals surface area contributed by atoms with Crippen LogP contribution in [0.1, 0.15) is 6.04 Å². The Balaban J connectivity index is 2.12. The second-order valence-electron chi connectivity index (χ2n) is 4.22. The van der Waals surface area contributed by atoms with E-state index in [1.54, 1.807) is 6.20 Å². The lowest BCUT2D eigenvalue weighted by Crippen LogP contribution is -2.45. The molecule has 0 amide bonds. The molecule has 0 aromatic carbocycles. The summed E-state index contributed by atoms with van der Waals surface area (Å²) in [6, 6.07) is 6.50. The van der Waals surface area contributed by atoms with E-state index in [0.29, 0.717) is 6.04 Å². The molecule has 78 valence electrons. The Morgan fingerprint density at radius 2 is 2.27 bits per heavy atom. The Morgan fingerprint density at radius 1 is 1.47 bits per heavy atom. The Bertz CT molecular complexity index is 496. The maximum absolute atomic E-state index is 6.01. The average molecular weight is 202 g/mol. The Kier molecular flexibility index (Phi) is 1.73. The van der Waals surface area contributed by atoms with Gasteiger partial charge in [0, 0.05) is 25.4 Å². The number of pyridine rings is 1. The van der Waals surface area contributed by atoms with Crippen LogP contribution in [-0.2, 0) is 0 Å². The standard InChI is InChI=1S/C11H14N4/c1-14-6-8(7-14)15-10-3-2-4-13-9(10)5-11(15)12/h2-5,8H,6-7,12H2,1H3. The molecule has 1 fully saturated rings. The van der Waals surface area contributed by atoms with Crippen LogP contribution in [0, 0.1) is 0 Å². The van der Waals surface area contributed by atoms with Crippen molar-refractivity contribution in [2.75, 3.05) is 25.9 Å². The second-order valence-corrected chi connectivity index (χ2v) is 4.22. The monoisotopic (exact) mass is 202 g/mol. The van der Waals surface area contributed by atoms with Gasteiger partial charge >= 0.3 is 0 Å². The van der Waals surface area contributed by atoms with Gasteiger partial charge in [-0.15, -0.1) is 0 Å². The highest BCUT2D eigenvalue weighted by atomic mass is 15.3. The summed E-state index contributed by atoms with van der Waals surface area (Å²) >= 11 is 0. The van der Waals surface area contributed by atoms with Gasteiger partial charge in [0.05, 0.1) is 17.1 Å². The third-order valence-corrected chi connectivity index (χ3v) is 3.05. The van der Waals surface area contributed by atoms with E-state index in [2.05, 4.69) is 27.6 Å². The summed E-state index contributed by atoms with van der Waals surface area (Å²) in [5.74, 6) is 0.821. The third-order valence-electron chi connectivity index (χ3n) is 3.05. The predicted molar refractivity (Wildman–Crippen MR) is 60.7 cm³/mol. The molecule has 1 saturated heterocycles. The molecular weight excluding hydrogens is 188 g/mol. The second kappa shape index (κ2) is 2.97. The van der Waals surface area contributed by atoms with Crippen LogP contribution in [0.5, 0.6) is 0 Å². The zero-order valence-electron chi connectivity index (χ0n) is 8.72. The minimum absolute atomic E-state index is 0.511. The minimum Gasteiger partial charge on any atom is -0.385 e. The lowest BCUT2D eigenvalue weighted by atomic mass is 10.1. The van der Waals surface area contributed by atoms with Gasteiger partial charge in [-0.2, -0.15) is 0 Å². The molecule has 3 rings (SSSR count). The van der Waals surface area contributed by atoms with Crippen LogP contribution < -0.4 is 5.73 Å². The molecule has 0 spiro atoms. The van der Waals surface area contributed by atoms with E-state index >= 15 is 0 Å². The quantitative estimate of drug-likeness (QED) is 0.753. The van der Waals surface area contributed by atoms with Crippen LogP contribution >= 0.6 is 0 Å². The SMILES string of the molecule is CN1CC(n2c(N)cc3ncccc32)C1. The van der Waals surface area contributed by atoms with Crippen molar-refractivity contribution in [1.82, 2.24) is 14.5 Å². The van der Waals surface area contributed by atoms with E-state index < -0.39 is 0 Å². The zero-order valence-corrected chi connectivity index (χ0v) is 8.72. The number of nitrogens with two attached hydrogens (primary N) is 1. The number of likely N-dealkylation sites (tertiary alicyclic amines) is 1. The first-order valence-electron chi connectivity index (χ1n) is 5.15. The van der Waals surface area contributed by atoms with Gasteiger partial charge in [-0.3, -0.25) is 4.98 Å². The van der Waals surface area contributed by atoms with Crippen molar-refractivity contribution in [3.05, 3.63) is 24.4 Å². The minimum atomic E-state index is 0.511. The molecule has 0 unspecified atom stereocenters. The fraction of sp³-hybridized carbons (Fsp3) is 0.364. The van der Waals surface area contributed by atoms with Gasteiger partial charge in [-0.05, 0) is 19.2 Å². The number of likely N-dealkylation sites (N-methyl/N-ethyl adjacent to an activating group) is 1. The highest BCUT2D eigenvalue weighted by Gasteiger charge is 2.27. The predicted octanol–water partition coefficient (Wildman–Crippen LogP) is 1.10. The molecule has 0 radical (unpaired) electrons. The summed E-state index contributed by atoms with van der Waals surface area (Å²) in [6.07, 6.45) is 1.80. The molecule has 3 heterocycles. The first-order chi connectivity index (χ1) is 7.25. The topological polar surface area (TPSA) is 47.1 Å². The largest absolute Gasteiger partial charge is 0.385 e. The first kappa shape index (κ1) is 8.73. The molecule has 0 saturated carbocycles. The summed E-state index contributed by atoms with van der Waals surface area (Å²) < 4.78 is 2.20. The Morgan fingerprint density at radius 3 is 3.00 bits per heavy atom. The van der Waals surface area contributed by atoms with E-state index in [1.165, 1.54) is 0 Å². The molecule has 0 aliphatic carbocycles. The summed E-state index contributed by atoms with van der Waals surface area (Å²) in [6.45, 7) is 2.14. The number of aromatic nitrogens is 2. The summed E-state index contributed by atoms with van der Waals surface area (Å²) in [5, 5.41) is 0. The van der Waals surface area contributed by atoms with Crippen molar-refractivity contribution in [2.24, 2.45) is 0 Å². The molecule has 1 aliphatic rings. The highest BCUT2D eigenvalue weighted by Crippen LogP contribution is 2.29. The summed E-state index contributed by atoms with van der Waals surface area (Å²) in [7, 11) is 2.12. The lowest BCUT2D eigenvalue weighted by Gasteiger charge is -2.38. The molecule has 2 aromatic heterocycles.